The normalized spacial score (nSPS) is 12.9. The first-order valence-electron chi connectivity index (χ1n) is 9.61. The Bertz CT molecular complexity index is 1060. The molecule has 0 radical (unpaired) electrons. The summed E-state index contributed by atoms with van der Waals surface area (Å²) in [6.07, 6.45) is 0.643. The number of ether oxygens (including phenoxy) is 1. The lowest BCUT2D eigenvalue weighted by molar-refractivity contribution is -0.129. The number of aryl methyl sites for hydroxylation is 1. The minimum Gasteiger partial charge on any atom is -0.449 e. The number of hydrogen-bond donors (Lipinski definition) is 2. The molecule has 3 aromatic rings. The number of amides is 1. The van der Waals surface area contributed by atoms with Crippen LogP contribution in [-0.2, 0) is 16.0 Å². The van der Waals surface area contributed by atoms with Crippen LogP contribution in [0.3, 0.4) is 0 Å². The average Bonchev–Trinajstić information content (AvgIpc) is 2.72. The number of fused-ring (bicyclic) bond motifs is 1. The van der Waals surface area contributed by atoms with Crippen molar-refractivity contribution in [1.82, 2.24) is 10.3 Å². The Labute approximate surface area is 168 Å². The van der Waals surface area contributed by atoms with Crippen LogP contribution in [0.4, 0.5) is 0 Å². The number of benzene rings is 2. The van der Waals surface area contributed by atoms with Gasteiger partial charge in [-0.2, -0.15) is 0 Å². The van der Waals surface area contributed by atoms with Gasteiger partial charge in [0.1, 0.15) is 0 Å². The summed E-state index contributed by atoms with van der Waals surface area (Å²) >= 11 is 0. The van der Waals surface area contributed by atoms with E-state index in [1.54, 1.807) is 24.3 Å². The van der Waals surface area contributed by atoms with Crippen molar-refractivity contribution in [2.45, 2.75) is 38.8 Å². The molecule has 0 fully saturated rings. The van der Waals surface area contributed by atoms with Gasteiger partial charge in [0.05, 0.1) is 5.56 Å². The number of carbonyl (C=O) groups excluding carboxylic acids is 2. The molecule has 6 nitrogen and oxygen atoms in total. The van der Waals surface area contributed by atoms with Crippen LogP contribution in [-0.4, -0.2) is 29.0 Å². The van der Waals surface area contributed by atoms with Crippen molar-refractivity contribution in [3.63, 3.8) is 0 Å². The zero-order valence-electron chi connectivity index (χ0n) is 16.5. The first kappa shape index (κ1) is 20.3. The highest BCUT2D eigenvalue weighted by Crippen LogP contribution is 2.16. The Morgan fingerprint density at radius 1 is 1.03 bits per heavy atom. The second kappa shape index (κ2) is 9.19. The van der Waals surface area contributed by atoms with Gasteiger partial charge in [-0.3, -0.25) is 9.59 Å². The molecule has 0 aliphatic heterocycles. The van der Waals surface area contributed by atoms with E-state index >= 15 is 0 Å². The Hall–Kier alpha value is -3.41. The SMILES string of the molecule is C[C@H](CCc1ccccc1)NC(=O)[C@@H](C)OC(=O)c1cc(=O)[nH]c2ccccc12. The lowest BCUT2D eigenvalue weighted by atomic mass is 10.1. The highest BCUT2D eigenvalue weighted by atomic mass is 16.5. The number of aromatic amines is 1. The lowest BCUT2D eigenvalue weighted by Gasteiger charge is -2.18. The fourth-order valence-electron chi connectivity index (χ4n) is 3.11. The van der Waals surface area contributed by atoms with Crippen molar-refractivity contribution in [2.75, 3.05) is 0 Å². The number of H-pyrrole nitrogens is 1. The molecule has 0 bridgehead atoms. The number of rotatable bonds is 7. The van der Waals surface area contributed by atoms with Crippen LogP contribution in [0.25, 0.3) is 10.9 Å². The Kier molecular flexibility index (Phi) is 6.44. The van der Waals surface area contributed by atoms with E-state index in [9.17, 15) is 14.4 Å². The Morgan fingerprint density at radius 3 is 2.48 bits per heavy atom. The van der Waals surface area contributed by atoms with Crippen LogP contribution < -0.4 is 10.9 Å². The van der Waals surface area contributed by atoms with Crippen LogP contribution in [0.5, 0.6) is 0 Å². The van der Waals surface area contributed by atoms with Gasteiger partial charge in [-0.25, -0.2) is 4.79 Å². The summed E-state index contributed by atoms with van der Waals surface area (Å²) in [5.41, 5.74) is 1.48. The number of hydrogen-bond acceptors (Lipinski definition) is 4. The van der Waals surface area contributed by atoms with E-state index in [2.05, 4.69) is 10.3 Å². The van der Waals surface area contributed by atoms with E-state index in [1.807, 2.05) is 37.3 Å². The molecule has 1 heterocycles. The van der Waals surface area contributed by atoms with Crippen molar-refractivity contribution < 1.29 is 14.3 Å². The van der Waals surface area contributed by atoms with E-state index < -0.39 is 17.6 Å². The molecule has 1 amide bonds. The van der Waals surface area contributed by atoms with E-state index in [1.165, 1.54) is 18.6 Å². The predicted octanol–water partition coefficient (Wildman–Crippen LogP) is 3.21. The maximum Gasteiger partial charge on any atom is 0.339 e. The summed E-state index contributed by atoms with van der Waals surface area (Å²) in [4.78, 5) is 39.5. The van der Waals surface area contributed by atoms with Crippen LogP contribution in [0.2, 0.25) is 0 Å². The third kappa shape index (κ3) is 5.31. The minimum atomic E-state index is -0.972. The number of esters is 1. The van der Waals surface area contributed by atoms with Crippen molar-refractivity contribution in [2.24, 2.45) is 0 Å². The molecule has 2 N–H and O–H groups in total. The number of aromatic nitrogens is 1. The molecule has 0 saturated carbocycles. The van der Waals surface area contributed by atoms with Gasteiger partial charge >= 0.3 is 5.97 Å². The zero-order valence-corrected chi connectivity index (χ0v) is 16.5. The smallest absolute Gasteiger partial charge is 0.339 e. The van der Waals surface area contributed by atoms with Gasteiger partial charge < -0.3 is 15.0 Å². The summed E-state index contributed by atoms with van der Waals surface area (Å²) in [5, 5.41) is 3.44. The second-order valence-electron chi connectivity index (χ2n) is 7.07. The average molecular weight is 392 g/mol. The molecule has 0 aliphatic rings. The lowest BCUT2D eigenvalue weighted by Crippen LogP contribution is -2.41. The number of carbonyl (C=O) groups is 2. The van der Waals surface area contributed by atoms with Crippen LogP contribution in [0.15, 0.2) is 65.5 Å². The van der Waals surface area contributed by atoms with Gasteiger partial charge in [0.25, 0.3) is 5.91 Å². The van der Waals surface area contributed by atoms with Gasteiger partial charge in [-0.15, -0.1) is 0 Å². The molecular weight excluding hydrogens is 368 g/mol. The predicted molar refractivity (Wildman–Crippen MR) is 112 cm³/mol. The van der Waals surface area contributed by atoms with E-state index in [0.717, 1.165) is 12.8 Å². The Morgan fingerprint density at radius 2 is 1.72 bits per heavy atom. The third-order valence-electron chi connectivity index (χ3n) is 4.72. The van der Waals surface area contributed by atoms with E-state index in [-0.39, 0.29) is 17.5 Å². The highest BCUT2D eigenvalue weighted by molar-refractivity contribution is 6.03. The van der Waals surface area contributed by atoms with Gasteiger partial charge in [0.2, 0.25) is 5.56 Å². The first-order chi connectivity index (χ1) is 13.9. The summed E-state index contributed by atoms with van der Waals surface area (Å²) in [7, 11) is 0. The maximum atomic E-state index is 12.6. The molecule has 0 saturated heterocycles. The molecule has 1 aromatic heterocycles. The molecule has 150 valence electrons. The highest BCUT2D eigenvalue weighted by Gasteiger charge is 2.22. The van der Waals surface area contributed by atoms with Crippen molar-refractivity contribution in [3.8, 4) is 0 Å². The molecular formula is C23H24N2O4. The molecule has 29 heavy (non-hydrogen) atoms. The zero-order chi connectivity index (χ0) is 20.8. The van der Waals surface area contributed by atoms with Gasteiger partial charge in [0, 0.05) is 23.0 Å². The minimum absolute atomic E-state index is 0.0655. The monoisotopic (exact) mass is 392 g/mol. The van der Waals surface area contributed by atoms with Crippen LogP contribution >= 0.6 is 0 Å². The Balaban J connectivity index is 1.59. The largest absolute Gasteiger partial charge is 0.449 e. The fourth-order valence-corrected chi connectivity index (χ4v) is 3.11. The fraction of sp³-hybridized carbons (Fsp3) is 0.261. The third-order valence-corrected chi connectivity index (χ3v) is 4.72. The molecule has 0 aliphatic carbocycles. The van der Waals surface area contributed by atoms with E-state index in [4.69, 9.17) is 4.74 Å². The van der Waals surface area contributed by atoms with Crippen LogP contribution in [0, 0.1) is 0 Å². The summed E-state index contributed by atoms with van der Waals surface area (Å²) in [5.74, 6) is -1.07. The number of para-hydroxylation sites is 1. The quantitative estimate of drug-likeness (QED) is 0.605. The topological polar surface area (TPSA) is 88.3 Å². The second-order valence-corrected chi connectivity index (χ2v) is 7.07. The molecule has 0 unspecified atom stereocenters. The molecule has 2 atom stereocenters. The molecule has 6 heteroatoms. The molecule has 3 rings (SSSR count). The first-order valence-corrected chi connectivity index (χ1v) is 9.61. The van der Waals surface area contributed by atoms with Crippen molar-refractivity contribution in [3.05, 3.63) is 82.1 Å². The maximum absolute atomic E-state index is 12.6. The number of pyridine rings is 1. The van der Waals surface area contributed by atoms with Gasteiger partial charge in [-0.05, 0) is 38.3 Å². The summed E-state index contributed by atoms with van der Waals surface area (Å²) in [6, 6.07) is 18.1. The van der Waals surface area contributed by atoms with Gasteiger partial charge in [-0.1, -0.05) is 48.5 Å². The van der Waals surface area contributed by atoms with E-state index in [0.29, 0.717) is 10.9 Å². The number of nitrogens with one attached hydrogen (secondary N) is 2. The standard InChI is InChI=1S/C23H24N2O4/c1-15(12-13-17-8-4-3-5-9-17)24-22(27)16(2)29-23(28)19-14-21(26)25-20-11-7-6-10-18(19)20/h3-11,14-16H,12-13H2,1-2H3,(H,24,27)(H,25,26)/t15-,16-/m1/s1. The molecule has 2 aromatic carbocycles. The van der Waals surface area contributed by atoms with Crippen molar-refractivity contribution >= 4 is 22.8 Å². The molecule has 0 spiro atoms. The summed E-state index contributed by atoms with van der Waals surface area (Å²) in [6.45, 7) is 3.44. The van der Waals surface area contributed by atoms with Crippen LogP contribution in [0.1, 0.15) is 36.2 Å². The van der Waals surface area contributed by atoms with Crippen molar-refractivity contribution in [1.29, 1.82) is 0 Å². The summed E-state index contributed by atoms with van der Waals surface area (Å²) < 4.78 is 5.32. The van der Waals surface area contributed by atoms with Gasteiger partial charge in [0.15, 0.2) is 6.10 Å².